The molecule has 0 radical (unpaired) electrons. The number of benzene rings is 2. The molecule has 1 fully saturated rings. The molecule has 1 aliphatic carbocycles. The van der Waals surface area contributed by atoms with Crippen LogP contribution in [0.4, 0.5) is 0 Å². The van der Waals surface area contributed by atoms with Crippen molar-refractivity contribution in [3.8, 4) is 0 Å². The summed E-state index contributed by atoms with van der Waals surface area (Å²) in [5.41, 5.74) is -6.58. The third-order valence-electron chi connectivity index (χ3n) is 5.18. The molecule has 0 aromatic heterocycles. The van der Waals surface area contributed by atoms with Crippen LogP contribution in [-0.2, 0) is 0 Å². The summed E-state index contributed by atoms with van der Waals surface area (Å²) in [5, 5.41) is 63.3. The van der Waals surface area contributed by atoms with E-state index in [0.717, 1.165) is 0 Å². The smallest absolute Gasteiger partial charge is 0.199 e. The van der Waals surface area contributed by atoms with Crippen LogP contribution in [0.2, 0.25) is 0 Å². The minimum absolute atomic E-state index is 0.138. The Hall–Kier alpha value is -2.46. The first-order valence-electron chi connectivity index (χ1n) is 8.53. The molecular weight excluding hydrogens is 368 g/mol. The molecule has 148 valence electrons. The summed E-state index contributed by atoms with van der Waals surface area (Å²) in [6.07, 6.45) is -9.66. The second-order valence-corrected chi connectivity index (χ2v) is 6.82. The predicted molar refractivity (Wildman–Crippen MR) is 95.5 cm³/mol. The van der Waals surface area contributed by atoms with E-state index in [0.29, 0.717) is 0 Å². The third kappa shape index (κ3) is 2.78. The van der Waals surface area contributed by atoms with Gasteiger partial charge in [0.1, 0.15) is 24.4 Å². The predicted octanol–water partition coefficient (Wildman–Crippen LogP) is -1.33. The Balaban J connectivity index is 2.12. The number of carbonyl (C=O) groups excluding carboxylic acids is 2. The molecular formula is C20H20O8. The molecule has 0 saturated heterocycles. The minimum Gasteiger partial charge on any atom is -0.387 e. The fourth-order valence-electron chi connectivity index (χ4n) is 3.51. The van der Waals surface area contributed by atoms with Gasteiger partial charge in [0, 0.05) is 11.1 Å². The van der Waals surface area contributed by atoms with Gasteiger partial charge in [-0.25, -0.2) is 0 Å². The molecule has 0 aliphatic heterocycles. The Labute approximate surface area is 159 Å². The van der Waals surface area contributed by atoms with Gasteiger partial charge < -0.3 is 30.6 Å². The molecule has 0 bridgehead atoms. The van der Waals surface area contributed by atoms with Crippen LogP contribution in [-0.4, -0.2) is 77.8 Å². The highest BCUT2D eigenvalue weighted by molar-refractivity contribution is 6.07. The van der Waals surface area contributed by atoms with Crippen molar-refractivity contribution < 1.29 is 40.2 Å². The maximum absolute atomic E-state index is 12.9. The topological polar surface area (TPSA) is 156 Å². The van der Waals surface area contributed by atoms with Gasteiger partial charge in [0.25, 0.3) is 0 Å². The fourth-order valence-corrected chi connectivity index (χ4v) is 3.51. The van der Waals surface area contributed by atoms with Gasteiger partial charge >= 0.3 is 0 Å². The second-order valence-electron chi connectivity index (χ2n) is 6.82. The maximum atomic E-state index is 12.9. The largest absolute Gasteiger partial charge is 0.387 e. The van der Waals surface area contributed by atoms with E-state index < -0.39 is 47.2 Å². The van der Waals surface area contributed by atoms with Crippen molar-refractivity contribution in [3.63, 3.8) is 0 Å². The lowest BCUT2D eigenvalue weighted by Gasteiger charge is -2.51. The first-order chi connectivity index (χ1) is 13.2. The van der Waals surface area contributed by atoms with Crippen molar-refractivity contribution in [1.82, 2.24) is 0 Å². The van der Waals surface area contributed by atoms with Crippen LogP contribution < -0.4 is 0 Å². The molecule has 8 heteroatoms. The molecule has 0 amide bonds. The normalized spacial score (nSPS) is 35.4. The molecule has 2 aromatic rings. The van der Waals surface area contributed by atoms with E-state index in [9.17, 15) is 40.2 Å². The Morgan fingerprint density at radius 1 is 0.643 bits per heavy atom. The Morgan fingerprint density at radius 2 is 0.964 bits per heavy atom. The average molecular weight is 388 g/mol. The molecule has 0 spiro atoms. The number of ketones is 2. The van der Waals surface area contributed by atoms with E-state index in [2.05, 4.69) is 0 Å². The summed E-state index contributed by atoms with van der Waals surface area (Å²) in [7, 11) is 0. The molecule has 6 atom stereocenters. The molecule has 28 heavy (non-hydrogen) atoms. The zero-order valence-corrected chi connectivity index (χ0v) is 14.6. The second kappa shape index (κ2) is 7.17. The summed E-state index contributed by atoms with van der Waals surface area (Å²) >= 11 is 0. The lowest BCUT2D eigenvalue weighted by Crippen LogP contribution is -2.80. The van der Waals surface area contributed by atoms with Gasteiger partial charge in [-0.3, -0.25) is 9.59 Å². The van der Waals surface area contributed by atoms with Crippen molar-refractivity contribution in [2.24, 2.45) is 0 Å². The Bertz CT molecular complexity index is 799. The molecule has 6 N–H and O–H groups in total. The summed E-state index contributed by atoms with van der Waals surface area (Å²) in [6, 6.07) is 14.2. The number of rotatable bonds is 4. The van der Waals surface area contributed by atoms with Gasteiger partial charge in [-0.15, -0.1) is 0 Å². The van der Waals surface area contributed by atoms with E-state index in [1.54, 1.807) is 12.1 Å². The van der Waals surface area contributed by atoms with Crippen LogP contribution >= 0.6 is 0 Å². The molecule has 1 saturated carbocycles. The summed E-state index contributed by atoms with van der Waals surface area (Å²) in [6.45, 7) is 0. The monoisotopic (exact) mass is 388 g/mol. The molecule has 2 aromatic carbocycles. The minimum atomic E-state index is -3.15. The number of aliphatic hydroxyl groups is 6. The lowest BCUT2D eigenvalue weighted by molar-refractivity contribution is -0.271. The standard InChI is InChI=1S/C20H20O8/c21-13-16(24)19(27,14(22)11-7-3-1-4-8-11)18(26)20(28,17(13)25)15(23)12-9-5-2-6-10-12/h1-10,13,16-18,21,24-28H/t13-,16-,17-,18-,19+,20-/m0/s1. The molecule has 1 aliphatic rings. The molecule has 8 nitrogen and oxygen atoms in total. The highest BCUT2D eigenvalue weighted by Gasteiger charge is 2.70. The zero-order chi connectivity index (χ0) is 20.7. The van der Waals surface area contributed by atoms with E-state index in [1.165, 1.54) is 48.5 Å². The summed E-state index contributed by atoms with van der Waals surface area (Å²) < 4.78 is 0. The molecule has 3 rings (SSSR count). The van der Waals surface area contributed by atoms with Gasteiger partial charge in [-0.05, 0) is 0 Å². The lowest BCUT2D eigenvalue weighted by atomic mass is 9.63. The Morgan fingerprint density at radius 3 is 1.29 bits per heavy atom. The van der Waals surface area contributed by atoms with Crippen molar-refractivity contribution in [2.45, 2.75) is 35.6 Å². The summed E-state index contributed by atoms with van der Waals surface area (Å²) in [4.78, 5) is 25.7. The molecule has 0 heterocycles. The number of Topliss-reactive ketones (excluding diaryl/α,β-unsaturated/α-hetero) is 2. The third-order valence-corrected chi connectivity index (χ3v) is 5.18. The van der Waals surface area contributed by atoms with Gasteiger partial charge in [0.15, 0.2) is 22.8 Å². The summed E-state index contributed by atoms with van der Waals surface area (Å²) in [5.74, 6) is -2.45. The first kappa shape index (κ1) is 20.3. The first-order valence-corrected chi connectivity index (χ1v) is 8.53. The van der Waals surface area contributed by atoms with E-state index in [1.807, 2.05) is 0 Å². The zero-order valence-electron chi connectivity index (χ0n) is 14.6. The number of hydrogen-bond acceptors (Lipinski definition) is 8. The van der Waals surface area contributed by atoms with Crippen LogP contribution in [0.15, 0.2) is 60.7 Å². The van der Waals surface area contributed by atoms with E-state index >= 15 is 0 Å². The van der Waals surface area contributed by atoms with Crippen molar-refractivity contribution in [1.29, 1.82) is 0 Å². The van der Waals surface area contributed by atoms with Crippen molar-refractivity contribution in [3.05, 3.63) is 71.8 Å². The number of carbonyl (C=O) groups is 2. The van der Waals surface area contributed by atoms with E-state index in [4.69, 9.17) is 0 Å². The number of aliphatic hydroxyl groups excluding tert-OH is 4. The highest BCUT2D eigenvalue weighted by Crippen LogP contribution is 2.40. The van der Waals surface area contributed by atoms with Gasteiger partial charge in [0.2, 0.25) is 0 Å². The van der Waals surface area contributed by atoms with Crippen molar-refractivity contribution >= 4 is 11.6 Å². The van der Waals surface area contributed by atoms with Crippen LogP contribution in [0.3, 0.4) is 0 Å². The molecule has 0 unspecified atom stereocenters. The SMILES string of the molecule is O=C(c1ccccc1)[C@@]1(O)[C@@H](O)[C@@](O)(C(=O)c2ccccc2)[C@@H](O)[C@H](O)[C@@H]1O. The highest BCUT2D eigenvalue weighted by atomic mass is 16.4. The maximum Gasteiger partial charge on any atom is 0.199 e. The van der Waals surface area contributed by atoms with Crippen LogP contribution in [0, 0.1) is 0 Å². The van der Waals surface area contributed by atoms with Crippen LogP contribution in [0.5, 0.6) is 0 Å². The number of hydrogen-bond donors (Lipinski definition) is 6. The fraction of sp³-hybridized carbons (Fsp3) is 0.300. The van der Waals surface area contributed by atoms with Gasteiger partial charge in [-0.1, -0.05) is 60.7 Å². The van der Waals surface area contributed by atoms with Crippen LogP contribution in [0.1, 0.15) is 20.7 Å². The average Bonchev–Trinajstić information content (AvgIpc) is 2.75. The van der Waals surface area contributed by atoms with E-state index in [-0.39, 0.29) is 11.1 Å². The van der Waals surface area contributed by atoms with Gasteiger partial charge in [-0.2, -0.15) is 0 Å². The van der Waals surface area contributed by atoms with Crippen molar-refractivity contribution in [2.75, 3.05) is 0 Å². The quantitative estimate of drug-likeness (QED) is 0.352. The van der Waals surface area contributed by atoms with Gasteiger partial charge in [0.05, 0.1) is 0 Å². The van der Waals surface area contributed by atoms with Crippen LogP contribution in [0.25, 0.3) is 0 Å². The Kier molecular flexibility index (Phi) is 5.20.